The molecule has 0 unspecified atom stereocenters. The Morgan fingerprint density at radius 3 is 2.17 bits per heavy atom. The van der Waals surface area contributed by atoms with Crippen LogP contribution in [0.2, 0.25) is 0 Å². The van der Waals surface area contributed by atoms with E-state index >= 15 is 0 Å². The maximum Gasteiger partial charge on any atom is 0.390 e. The van der Waals surface area contributed by atoms with Gasteiger partial charge in [0.05, 0.1) is 17.9 Å². The van der Waals surface area contributed by atoms with E-state index in [9.17, 15) is 31.2 Å². The van der Waals surface area contributed by atoms with Crippen LogP contribution in [0.4, 0.5) is 13.2 Å². The molecule has 10 heteroatoms. The van der Waals surface area contributed by atoms with Crippen molar-refractivity contribution in [2.75, 3.05) is 20.1 Å². The minimum atomic E-state index is -4.40. The molecular formula is C14H17F3N2O4S. The highest BCUT2D eigenvalue weighted by Gasteiger charge is 2.28. The van der Waals surface area contributed by atoms with Crippen molar-refractivity contribution in [3.05, 3.63) is 29.8 Å². The molecule has 1 rings (SSSR count). The van der Waals surface area contributed by atoms with E-state index in [0.29, 0.717) is 5.56 Å². The van der Waals surface area contributed by atoms with Gasteiger partial charge >= 0.3 is 6.18 Å². The number of nitrogens with zero attached hydrogens (tertiary/aromatic N) is 1. The van der Waals surface area contributed by atoms with Crippen LogP contribution in [-0.4, -0.2) is 51.3 Å². The summed E-state index contributed by atoms with van der Waals surface area (Å²) >= 11 is 0. The number of ketones is 1. The second kappa shape index (κ2) is 7.75. The molecule has 0 aliphatic carbocycles. The van der Waals surface area contributed by atoms with Gasteiger partial charge in [0.25, 0.3) is 0 Å². The van der Waals surface area contributed by atoms with Crippen LogP contribution in [0.3, 0.4) is 0 Å². The van der Waals surface area contributed by atoms with Crippen LogP contribution < -0.4 is 4.72 Å². The van der Waals surface area contributed by atoms with Gasteiger partial charge in [-0.2, -0.15) is 13.2 Å². The van der Waals surface area contributed by atoms with Crippen molar-refractivity contribution in [3.63, 3.8) is 0 Å². The molecule has 0 aromatic heterocycles. The number of hydrogen-bond acceptors (Lipinski definition) is 4. The van der Waals surface area contributed by atoms with E-state index in [1.54, 1.807) is 0 Å². The second-order valence-corrected chi connectivity index (χ2v) is 6.85. The summed E-state index contributed by atoms with van der Waals surface area (Å²) in [7, 11) is -2.85. The molecule has 0 heterocycles. The van der Waals surface area contributed by atoms with E-state index in [-0.39, 0.29) is 10.7 Å². The number of hydrogen-bond donors (Lipinski definition) is 1. The summed E-state index contributed by atoms with van der Waals surface area (Å²) in [6, 6.07) is 5.07. The van der Waals surface area contributed by atoms with Crippen LogP contribution in [0.15, 0.2) is 29.2 Å². The normalized spacial score (nSPS) is 12.0. The topological polar surface area (TPSA) is 83.5 Å². The summed E-state index contributed by atoms with van der Waals surface area (Å²) in [5.41, 5.74) is 0.330. The van der Waals surface area contributed by atoms with E-state index in [1.807, 2.05) is 4.72 Å². The lowest BCUT2D eigenvalue weighted by Crippen LogP contribution is -2.39. The number of halogens is 3. The zero-order valence-corrected chi connectivity index (χ0v) is 13.9. The summed E-state index contributed by atoms with van der Waals surface area (Å²) < 4.78 is 62.3. The van der Waals surface area contributed by atoms with Gasteiger partial charge in [0.15, 0.2) is 5.78 Å². The monoisotopic (exact) mass is 366 g/mol. The number of carbonyl (C=O) groups excluding carboxylic acids is 2. The van der Waals surface area contributed by atoms with Gasteiger partial charge in [0.2, 0.25) is 15.9 Å². The van der Waals surface area contributed by atoms with Crippen LogP contribution in [-0.2, 0) is 14.8 Å². The lowest BCUT2D eigenvalue weighted by molar-refractivity contribution is -0.143. The molecular weight excluding hydrogens is 349 g/mol. The Hall–Kier alpha value is -1.94. The Kier molecular flexibility index (Phi) is 6.50. The SMILES string of the molecule is CC(=O)c1ccc(S(=O)(=O)NCC(=O)N(C)CCC(F)(F)F)cc1. The highest BCUT2D eigenvalue weighted by Crippen LogP contribution is 2.19. The summed E-state index contributed by atoms with van der Waals surface area (Å²) in [5.74, 6) is -1.02. The number of nitrogens with one attached hydrogen (secondary N) is 1. The molecule has 134 valence electrons. The molecule has 24 heavy (non-hydrogen) atoms. The molecule has 0 aliphatic rings. The molecule has 1 aromatic carbocycles. The van der Waals surface area contributed by atoms with E-state index in [1.165, 1.54) is 31.2 Å². The lowest BCUT2D eigenvalue weighted by Gasteiger charge is -2.18. The Morgan fingerprint density at radius 1 is 1.17 bits per heavy atom. The smallest absolute Gasteiger partial charge is 0.344 e. The van der Waals surface area contributed by atoms with Crippen LogP contribution in [0.5, 0.6) is 0 Å². The van der Waals surface area contributed by atoms with Crippen molar-refractivity contribution in [2.45, 2.75) is 24.4 Å². The number of sulfonamides is 1. The fourth-order valence-corrected chi connectivity index (χ4v) is 2.64. The average molecular weight is 366 g/mol. The van der Waals surface area contributed by atoms with Crippen molar-refractivity contribution in [2.24, 2.45) is 0 Å². The Bertz CT molecular complexity index is 700. The van der Waals surface area contributed by atoms with Crippen molar-refractivity contribution in [1.29, 1.82) is 0 Å². The quantitative estimate of drug-likeness (QED) is 0.743. The maximum absolute atomic E-state index is 12.1. The third kappa shape index (κ3) is 6.28. The standard InChI is InChI=1S/C14H17F3N2O4S/c1-10(20)11-3-5-12(6-4-11)24(22,23)18-9-13(21)19(2)8-7-14(15,16)17/h3-6,18H,7-9H2,1-2H3. The van der Waals surface area contributed by atoms with Crippen LogP contribution in [0.25, 0.3) is 0 Å². The van der Waals surface area contributed by atoms with E-state index in [2.05, 4.69) is 0 Å². The summed E-state index contributed by atoms with van der Waals surface area (Å²) in [6.45, 7) is 0.111. The summed E-state index contributed by atoms with van der Waals surface area (Å²) in [4.78, 5) is 23.4. The number of benzene rings is 1. The highest BCUT2D eigenvalue weighted by molar-refractivity contribution is 7.89. The highest BCUT2D eigenvalue weighted by atomic mass is 32.2. The molecule has 1 amide bonds. The lowest BCUT2D eigenvalue weighted by atomic mass is 10.2. The zero-order valence-electron chi connectivity index (χ0n) is 13.1. The molecule has 1 N–H and O–H groups in total. The molecule has 0 saturated heterocycles. The van der Waals surface area contributed by atoms with Crippen molar-refractivity contribution < 1.29 is 31.2 Å². The molecule has 0 bridgehead atoms. The number of amides is 1. The third-order valence-electron chi connectivity index (χ3n) is 3.14. The van der Waals surface area contributed by atoms with E-state index in [0.717, 1.165) is 11.9 Å². The summed E-state index contributed by atoms with van der Waals surface area (Å²) in [5, 5.41) is 0. The van der Waals surface area contributed by atoms with Gasteiger partial charge in [-0.3, -0.25) is 9.59 Å². The Morgan fingerprint density at radius 2 is 1.71 bits per heavy atom. The average Bonchev–Trinajstić information content (AvgIpc) is 2.49. The predicted octanol–water partition coefficient (Wildman–Crippen LogP) is 1.58. The molecule has 0 atom stereocenters. The Balaban J connectivity index is 2.64. The summed E-state index contributed by atoms with van der Waals surface area (Å²) in [6.07, 6.45) is -5.57. The van der Waals surface area contributed by atoms with Gasteiger partial charge in [-0.15, -0.1) is 0 Å². The first-order valence-corrected chi connectivity index (χ1v) is 8.32. The first-order valence-electron chi connectivity index (χ1n) is 6.84. The first kappa shape index (κ1) is 20.1. The molecule has 0 spiro atoms. The van der Waals surface area contributed by atoms with Crippen LogP contribution >= 0.6 is 0 Å². The van der Waals surface area contributed by atoms with Crippen LogP contribution in [0.1, 0.15) is 23.7 Å². The minimum absolute atomic E-state index is 0.154. The molecule has 1 aromatic rings. The number of likely N-dealkylation sites (N-methyl/N-ethyl adjacent to an activating group) is 1. The number of alkyl halides is 3. The predicted molar refractivity (Wildman–Crippen MR) is 79.9 cm³/mol. The van der Waals surface area contributed by atoms with Crippen molar-refractivity contribution >= 4 is 21.7 Å². The number of rotatable bonds is 7. The fraction of sp³-hybridized carbons (Fsp3) is 0.429. The largest absolute Gasteiger partial charge is 0.390 e. The molecule has 0 aliphatic heterocycles. The first-order chi connectivity index (χ1) is 10.9. The molecule has 0 saturated carbocycles. The van der Waals surface area contributed by atoms with Gasteiger partial charge in [-0.05, 0) is 19.1 Å². The Labute approximate surface area is 137 Å². The molecule has 0 radical (unpaired) electrons. The number of carbonyl (C=O) groups is 2. The fourth-order valence-electron chi connectivity index (χ4n) is 1.66. The van der Waals surface area contributed by atoms with Crippen molar-refractivity contribution in [1.82, 2.24) is 9.62 Å². The van der Waals surface area contributed by atoms with Gasteiger partial charge in [0.1, 0.15) is 0 Å². The van der Waals surface area contributed by atoms with Crippen LogP contribution in [0, 0.1) is 0 Å². The maximum atomic E-state index is 12.1. The molecule has 0 fully saturated rings. The minimum Gasteiger partial charge on any atom is -0.344 e. The van der Waals surface area contributed by atoms with Crippen molar-refractivity contribution in [3.8, 4) is 0 Å². The third-order valence-corrected chi connectivity index (χ3v) is 4.56. The van der Waals surface area contributed by atoms with Gasteiger partial charge in [0, 0.05) is 19.2 Å². The zero-order chi connectivity index (χ0) is 18.5. The van der Waals surface area contributed by atoms with E-state index < -0.39 is 41.6 Å². The van der Waals surface area contributed by atoms with Gasteiger partial charge < -0.3 is 4.90 Å². The number of Topliss-reactive ketones (excluding diaryl/α,β-unsaturated/α-hetero) is 1. The van der Waals surface area contributed by atoms with Gasteiger partial charge in [-0.25, -0.2) is 13.1 Å². The second-order valence-electron chi connectivity index (χ2n) is 5.09. The van der Waals surface area contributed by atoms with Gasteiger partial charge in [-0.1, -0.05) is 12.1 Å². The van der Waals surface area contributed by atoms with E-state index in [4.69, 9.17) is 0 Å². The molecule has 6 nitrogen and oxygen atoms in total.